The zero-order valence-corrected chi connectivity index (χ0v) is 32.9. The predicted octanol–water partition coefficient (Wildman–Crippen LogP) is 4.61. The molecule has 2 aromatic rings. The van der Waals surface area contributed by atoms with Crippen molar-refractivity contribution < 1.29 is 28.6 Å². The number of rotatable bonds is 15. The van der Waals surface area contributed by atoms with E-state index in [2.05, 4.69) is 57.7 Å². The third-order valence-electron chi connectivity index (χ3n) is 12.3. The van der Waals surface area contributed by atoms with E-state index in [9.17, 15) is 14.4 Å². The largest absolute Gasteiger partial charge is 0.453 e. The number of fused-ring (bicyclic) bond motifs is 1. The number of nitrogens with zero attached hydrogens (tertiary/aromatic N) is 3. The minimum absolute atomic E-state index is 0.0343. The van der Waals surface area contributed by atoms with Gasteiger partial charge in [0.1, 0.15) is 11.9 Å². The van der Waals surface area contributed by atoms with Gasteiger partial charge in [0.05, 0.1) is 62.8 Å². The Kier molecular flexibility index (Phi) is 12.1. The fourth-order valence-electron chi connectivity index (χ4n) is 9.09. The van der Waals surface area contributed by atoms with Gasteiger partial charge in [-0.05, 0) is 85.8 Å². The summed E-state index contributed by atoms with van der Waals surface area (Å²) >= 11 is 0. The van der Waals surface area contributed by atoms with Gasteiger partial charge in [0.15, 0.2) is 0 Å². The lowest BCUT2D eigenvalue weighted by molar-refractivity contribution is -0.136. The maximum atomic E-state index is 13.7. The van der Waals surface area contributed by atoms with Crippen molar-refractivity contribution in [1.82, 2.24) is 26.2 Å². The number of hydrogen-bond acceptors (Lipinski definition) is 10. The highest BCUT2D eigenvalue weighted by molar-refractivity contribution is 5.95. The third-order valence-corrected chi connectivity index (χ3v) is 12.3. The molecule has 8 atom stereocenters. The lowest BCUT2D eigenvalue weighted by Gasteiger charge is -2.41. The summed E-state index contributed by atoms with van der Waals surface area (Å²) in [7, 11) is 4.44. The van der Waals surface area contributed by atoms with E-state index in [1.54, 1.807) is 14.0 Å². The Hall–Kier alpha value is -4.49. The molecule has 3 aliphatic heterocycles. The van der Waals surface area contributed by atoms with E-state index in [-0.39, 0.29) is 36.0 Å². The molecule has 13 heteroatoms. The summed E-state index contributed by atoms with van der Waals surface area (Å²) in [4.78, 5) is 49.4. The maximum Gasteiger partial charge on any atom is 0.407 e. The first-order valence-corrected chi connectivity index (χ1v) is 20.0. The number of ether oxygens (including phenoxy) is 3. The summed E-state index contributed by atoms with van der Waals surface area (Å²) < 4.78 is 15.4. The molecule has 3 aliphatic carbocycles. The van der Waals surface area contributed by atoms with Crippen LogP contribution in [0.5, 0.6) is 0 Å². The van der Waals surface area contributed by atoms with Crippen LogP contribution in [-0.2, 0) is 23.8 Å². The van der Waals surface area contributed by atoms with E-state index in [1.165, 1.54) is 47.6 Å². The highest BCUT2D eigenvalue weighted by atomic mass is 16.5. The first-order valence-electron chi connectivity index (χ1n) is 20.0. The number of aliphatic imine (C=N–C) groups is 2. The number of amidine groups is 2. The van der Waals surface area contributed by atoms with E-state index < -0.39 is 18.2 Å². The van der Waals surface area contributed by atoms with Crippen LogP contribution in [-0.4, -0.2) is 106 Å². The van der Waals surface area contributed by atoms with E-state index in [1.807, 2.05) is 11.8 Å². The van der Waals surface area contributed by atoms with E-state index in [0.717, 1.165) is 63.2 Å². The Morgan fingerprint density at radius 1 is 0.855 bits per heavy atom. The number of benzene rings is 2. The standard InChI is InChI=1S/C42H57N7O6/c1-24(53-3)19-38(50)43-17-7-6-10-37-44-22-34(46-37)26-11-13-28-31-16-15-30(32(28)20-26)29-14-12-27(21-33(29)31)35-23-45-40(47-35)36-9-8-18-49(36)41(51)39(25(2)54-4)48-42(52)55-5/h11-14,20-21,24-25,30-31,34-36,39H,6-10,15-19,22-23H2,1-5H3,(H,43,50)(H,44,46)(H,45,47)(H,48,52)/t24-,25-,30?,31?,34?,35?,36+,39+/m1/s1. The summed E-state index contributed by atoms with van der Waals surface area (Å²) in [5.74, 6) is 2.49. The minimum Gasteiger partial charge on any atom is -0.453 e. The number of unbranched alkanes of at least 4 members (excludes halogenated alkanes) is 1. The summed E-state index contributed by atoms with van der Waals surface area (Å²) in [5.41, 5.74) is 8.30. The maximum absolute atomic E-state index is 13.7. The van der Waals surface area contributed by atoms with Gasteiger partial charge in [0.2, 0.25) is 11.8 Å². The second-order valence-corrected chi connectivity index (χ2v) is 15.7. The molecule has 4 unspecified atom stereocenters. The molecule has 0 radical (unpaired) electrons. The second kappa shape index (κ2) is 17.1. The van der Waals surface area contributed by atoms with Gasteiger partial charge in [-0.2, -0.15) is 0 Å². The minimum atomic E-state index is -0.857. The third kappa shape index (κ3) is 8.23. The number of amides is 3. The average molecular weight is 756 g/mol. The Morgan fingerprint density at radius 2 is 1.53 bits per heavy atom. The van der Waals surface area contributed by atoms with E-state index in [4.69, 9.17) is 24.2 Å². The monoisotopic (exact) mass is 755 g/mol. The molecule has 3 amide bonds. The first-order chi connectivity index (χ1) is 26.7. The van der Waals surface area contributed by atoms with E-state index in [0.29, 0.717) is 37.9 Å². The molecule has 1 fully saturated rings. The molecular weight excluding hydrogens is 699 g/mol. The summed E-state index contributed by atoms with van der Waals surface area (Å²) in [5, 5.41) is 13.0. The summed E-state index contributed by atoms with van der Waals surface area (Å²) in [6.45, 7) is 6.29. The Balaban J connectivity index is 0.950. The van der Waals surface area contributed by atoms with Crippen molar-refractivity contribution in [2.45, 2.75) is 113 Å². The highest BCUT2D eigenvalue weighted by Gasteiger charge is 2.42. The summed E-state index contributed by atoms with van der Waals surface area (Å²) in [6, 6.07) is 13.3. The fraction of sp³-hybridized carbons (Fsp3) is 0.595. The number of carbonyl (C=O) groups excluding carboxylic acids is 3. The van der Waals surface area contributed by atoms with Crippen LogP contribution < -0.4 is 21.3 Å². The molecule has 8 rings (SSSR count). The fourth-order valence-corrected chi connectivity index (χ4v) is 9.09. The van der Waals surface area contributed by atoms with Crippen LogP contribution in [0, 0.1) is 0 Å². The molecule has 0 spiro atoms. The van der Waals surface area contributed by atoms with Crippen LogP contribution in [0.1, 0.15) is 123 Å². The van der Waals surface area contributed by atoms with Crippen molar-refractivity contribution in [1.29, 1.82) is 0 Å². The van der Waals surface area contributed by atoms with Crippen LogP contribution in [0.4, 0.5) is 4.79 Å². The van der Waals surface area contributed by atoms with Gasteiger partial charge in [0, 0.05) is 45.6 Å². The molecule has 0 saturated carbocycles. The van der Waals surface area contributed by atoms with Crippen molar-refractivity contribution >= 4 is 29.6 Å². The number of alkyl carbamates (subject to hydrolysis) is 1. The molecule has 13 nitrogen and oxygen atoms in total. The van der Waals surface area contributed by atoms with Crippen molar-refractivity contribution in [3.8, 4) is 0 Å². The van der Waals surface area contributed by atoms with Crippen LogP contribution >= 0.6 is 0 Å². The first kappa shape index (κ1) is 38.8. The van der Waals surface area contributed by atoms with Crippen molar-refractivity contribution in [3.05, 3.63) is 69.8 Å². The smallest absolute Gasteiger partial charge is 0.407 e. The predicted molar refractivity (Wildman–Crippen MR) is 211 cm³/mol. The zero-order chi connectivity index (χ0) is 38.6. The van der Waals surface area contributed by atoms with Gasteiger partial charge >= 0.3 is 6.09 Å². The number of hydrogen-bond donors (Lipinski definition) is 4. The Bertz CT molecular complexity index is 1810. The molecule has 0 aromatic heterocycles. The highest BCUT2D eigenvalue weighted by Crippen LogP contribution is 2.53. The van der Waals surface area contributed by atoms with Crippen LogP contribution in [0.15, 0.2) is 46.4 Å². The normalized spacial score (nSPS) is 25.1. The van der Waals surface area contributed by atoms with Gasteiger partial charge < -0.3 is 40.4 Å². The molecule has 2 bridgehead atoms. The zero-order valence-electron chi connectivity index (χ0n) is 32.9. The molecular formula is C42H57N7O6. The SMILES string of the molecule is COC(=O)N[C@H](C(=O)N1CCC[C@H]1C1=NCC(c2ccc3c(c2)C2CCC3c3cc(C4CN=C(CCCCNC(=O)C[C@@H](C)OC)N4)ccc32)N1)[C@@H](C)OC. The van der Waals surface area contributed by atoms with Crippen molar-refractivity contribution in [2.24, 2.45) is 9.98 Å². The van der Waals surface area contributed by atoms with Gasteiger partial charge in [-0.25, -0.2) is 4.79 Å². The molecule has 1 saturated heterocycles. The number of nitrogens with one attached hydrogen (secondary N) is 4. The molecule has 6 aliphatic rings. The summed E-state index contributed by atoms with van der Waals surface area (Å²) in [6.07, 6.45) is 5.88. The van der Waals surface area contributed by atoms with Crippen LogP contribution in [0.3, 0.4) is 0 Å². The van der Waals surface area contributed by atoms with Gasteiger partial charge in [0.25, 0.3) is 0 Å². The Labute approximate surface area is 324 Å². The molecule has 4 N–H and O–H groups in total. The van der Waals surface area contributed by atoms with Crippen LogP contribution in [0.25, 0.3) is 0 Å². The molecule has 296 valence electrons. The van der Waals surface area contributed by atoms with Gasteiger partial charge in [-0.3, -0.25) is 19.6 Å². The average Bonchev–Trinajstić information content (AvgIpc) is 4.01. The van der Waals surface area contributed by atoms with Gasteiger partial charge in [-0.1, -0.05) is 36.4 Å². The quantitative estimate of drug-likeness (QED) is 0.192. The molecule has 2 aromatic carbocycles. The topological polar surface area (TPSA) is 155 Å². The molecule has 55 heavy (non-hydrogen) atoms. The number of carbonyl (C=O) groups is 3. The Morgan fingerprint density at radius 3 is 2.18 bits per heavy atom. The lowest BCUT2D eigenvalue weighted by atomic mass is 9.63. The number of likely N-dealkylation sites (tertiary alicyclic amines) is 1. The molecule has 3 heterocycles. The lowest BCUT2D eigenvalue weighted by Crippen LogP contribution is -2.57. The van der Waals surface area contributed by atoms with E-state index >= 15 is 0 Å². The number of methoxy groups -OCH3 is 3. The van der Waals surface area contributed by atoms with Crippen molar-refractivity contribution in [2.75, 3.05) is 47.5 Å². The van der Waals surface area contributed by atoms with Crippen LogP contribution in [0.2, 0.25) is 0 Å². The van der Waals surface area contributed by atoms with Gasteiger partial charge in [-0.15, -0.1) is 0 Å². The van der Waals surface area contributed by atoms with Crippen molar-refractivity contribution in [3.63, 3.8) is 0 Å². The second-order valence-electron chi connectivity index (χ2n) is 15.7.